The zero-order valence-corrected chi connectivity index (χ0v) is 13.7. The van der Waals surface area contributed by atoms with Crippen LogP contribution in [0.3, 0.4) is 0 Å². The second-order valence-corrected chi connectivity index (χ2v) is 6.66. The minimum absolute atomic E-state index is 0.189. The Bertz CT molecular complexity index is 734. The number of hydrogen-bond acceptors (Lipinski definition) is 5. The lowest BCUT2D eigenvalue weighted by molar-refractivity contribution is -0.137. The molecule has 1 aliphatic carbocycles. The largest absolute Gasteiger partial charge is 0.417 e. The maximum Gasteiger partial charge on any atom is 0.417 e. The van der Waals surface area contributed by atoms with E-state index >= 15 is 0 Å². The maximum absolute atomic E-state index is 12.6. The molecule has 5 nitrogen and oxygen atoms in total. The van der Waals surface area contributed by atoms with Gasteiger partial charge < -0.3 is 9.80 Å². The first kappa shape index (κ1) is 16.1. The average molecular weight is 349 g/mol. The van der Waals surface area contributed by atoms with Gasteiger partial charge in [0.2, 0.25) is 0 Å². The molecule has 3 heterocycles. The molecule has 4 rings (SSSR count). The molecular weight excluding hydrogens is 331 g/mol. The van der Waals surface area contributed by atoms with Gasteiger partial charge in [0.1, 0.15) is 5.82 Å². The molecule has 0 spiro atoms. The van der Waals surface area contributed by atoms with E-state index in [1.54, 1.807) is 0 Å². The van der Waals surface area contributed by atoms with E-state index in [1.165, 1.54) is 18.9 Å². The highest BCUT2D eigenvalue weighted by atomic mass is 19.4. The van der Waals surface area contributed by atoms with Crippen LogP contribution in [-0.4, -0.2) is 41.4 Å². The molecule has 8 heteroatoms. The van der Waals surface area contributed by atoms with Gasteiger partial charge in [-0.1, -0.05) is 0 Å². The Morgan fingerprint density at radius 3 is 2.36 bits per heavy atom. The van der Waals surface area contributed by atoms with Gasteiger partial charge in [0.05, 0.1) is 17.3 Å². The Balaban J connectivity index is 1.36. The van der Waals surface area contributed by atoms with Crippen molar-refractivity contribution in [3.63, 3.8) is 0 Å². The number of nitrogens with zero attached hydrogens (tertiary/aromatic N) is 5. The molecule has 132 valence electrons. The van der Waals surface area contributed by atoms with Crippen molar-refractivity contribution in [1.29, 1.82) is 0 Å². The van der Waals surface area contributed by atoms with Crippen molar-refractivity contribution in [2.45, 2.75) is 31.0 Å². The predicted octanol–water partition coefficient (Wildman–Crippen LogP) is 3.09. The van der Waals surface area contributed by atoms with E-state index in [-0.39, 0.29) is 6.04 Å². The van der Waals surface area contributed by atoms with Gasteiger partial charge in [-0.05, 0) is 37.1 Å². The van der Waals surface area contributed by atoms with Gasteiger partial charge in [0.25, 0.3) is 0 Å². The zero-order chi connectivity index (χ0) is 17.6. The van der Waals surface area contributed by atoms with Crippen LogP contribution < -0.4 is 9.80 Å². The summed E-state index contributed by atoms with van der Waals surface area (Å²) in [5.41, 5.74) is 0.331. The van der Waals surface area contributed by atoms with E-state index in [4.69, 9.17) is 0 Å². The molecule has 0 radical (unpaired) electrons. The zero-order valence-electron chi connectivity index (χ0n) is 13.7. The second kappa shape index (κ2) is 5.86. The number of hydrogen-bond donors (Lipinski definition) is 0. The minimum atomic E-state index is -4.36. The highest BCUT2D eigenvalue weighted by molar-refractivity contribution is 5.48. The Labute approximate surface area is 143 Å². The number of alkyl halides is 3. The molecule has 0 atom stereocenters. The predicted molar refractivity (Wildman–Crippen MR) is 87.7 cm³/mol. The van der Waals surface area contributed by atoms with Crippen LogP contribution in [0.4, 0.5) is 24.8 Å². The third-order valence-electron chi connectivity index (χ3n) is 4.84. The van der Waals surface area contributed by atoms with Gasteiger partial charge in [0, 0.05) is 32.3 Å². The van der Waals surface area contributed by atoms with Crippen LogP contribution in [0.25, 0.3) is 0 Å². The number of pyridine rings is 1. The van der Waals surface area contributed by atoms with Gasteiger partial charge >= 0.3 is 6.18 Å². The molecular formula is C17H18F3N5. The molecule has 0 aromatic carbocycles. The summed E-state index contributed by atoms with van der Waals surface area (Å²) in [6, 6.07) is 6.70. The number of halogens is 3. The molecule has 1 saturated heterocycles. The summed E-state index contributed by atoms with van der Waals surface area (Å²) in [5.74, 6) is 1.96. The average Bonchev–Trinajstić information content (AvgIpc) is 3.38. The fraction of sp³-hybridized carbons (Fsp3) is 0.471. The summed E-state index contributed by atoms with van der Waals surface area (Å²) in [7, 11) is 1.85. The van der Waals surface area contributed by atoms with Gasteiger partial charge in [-0.2, -0.15) is 18.3 Å². The fourth-order valence-corrected chi connectivity index (χ4v) is 2.94. The van der Waals surface area contributed by atoms with Crippen molar-refractivity contribution < 1.29 is 13.2 Å². The molecule has 0 N–H and O–H groups in total. The molecule has 2 aliphatic rings. The number of rotatable bonds is 4. The Kier molecular flexibility index (Phi) is 3.77. The van der Waals surface area contributed by atoms with E-state index in [9.17, 15) is 13.2 Å². The molecule has 0 amide bonds. The molecule has 1 aliphatic heterocycles. The van der Waals surface area contributed by atoms with Gasteiger partial charge in [-0.15, -0.1) is 5.10 Å². The number of likely N-dealkylation sites (N-methyl/N-ethyl adjacent to an activating group) is 1. The third kappa shape index (κ3) is 3.25. The van der Waals surface area contributed by atoms with Crippen LogP contribution in [-0.2, 0) is 6.18 Å². The molecule has 25 heavy (non-hydrogen) atoms. The van der Waals surface area contributed by atoms with Crippen LogP contribution in [0.5, 0.6) is 0 Å². The monoisotopic (exact) mass is 349 g/mol. The van der Waals surface area contributed by atoms with Crippen molar-refractivity contribution in [2.75, 3.05) is 29.9 Å². The van der Waals surface area contributed by atoms with Crippen molar-refractivity contribution in [2.24, 2.45) is 0 Å². The standard InChI is InChI=1S/C17H18F3N5/c1-24(15-6-4-12(8-21-15)17(18,19)20)13-9-25(10-13)16-7-5-14(22-23-16)11-2-3-11/h4-8,11,13H,2-3,9-10H2,1H3. The number of anilines is 2. The minimum Gasteiger partial charge on any atom is -0.353 e. The molecule has 2 fully saturated rings. The van der Waals surface area contributed by atoms with Crippen LogP contribution in [0.15, 0.2) is 30.5 Å². The highest BCUT2D eigenvalue weighted by Crippen LogP contribution is 2.39. The van der Waals surface area contributed by atoms with Crippen LogP contribution >= 0.6 is 0 Å². The first-order chi connectivity index (χ1) is 11.9. The second-order valence-electron chi connectivity index (χ2n) is 6.66. The van der Waals surface area contributed by atoms with E-state index in [2.05, 4.69) is 20.1 Å². The highest BCUT2D eigenvalue weighted by Gasteiger charge is 2.34. The topological polar surface area (TPSA) is 45.2 Å². The van der Waals surface area contributed by atoms with Gasteiger partial charge in [-0.25, -0.2) is 4.98 Å². The van der Waals surface area contributed by atoms with Crippen LogP contribution in [0.2, 0.25) is 0 Å². The van der Waals surface area contributed by atoms with E-state index in [0.717, 1.165) is 36.9 Å². The smallest absolute Gasteiger partial charge is 0.353 e. The normalized spacial score (nSPS) is 18.2. The lowest BCUT2D eigenvalue weighted by Gasteiger charge is -2.44. The van der Waals surface area contributed by atoms with Crippen molar-refractivity contribution in [1.82, 2.24) is 15.2 Å². The first-order valence-corrected chi connectivity index (χ1v) is 8.26. The summed E-state index contributed by atoms with van der Waals surface area (Å²) in [5, 5.41) is 8.56. The molecule has 2 aromatic heterocycles. The molecule has 1 saturated carbocycles. The van der Waals surface area contributed by atoms with Crippen molar-refractivity contribution >= 4 is 11.6 Å². The summed E-state index contributed by atoms with van der Waals surface area (Å²) in [4.78, 5) is 7.95. The summed E-state index contributed by atoms with van der Waals surface area (Å²) < 4.78 is 37.8. The van der Waals surface area contributed by atoms with E-state index < -0.39 is 11.7 Å². The Morgan fingerprint density at radius 2 is 1.84 bits per heavy atom. The molecule has 0 unspecified atom stereocenters. The van der Waals surface area contributed by atoms with Gasteiger partial charge in [0.15, 0.2) is 5.82 Å². The third-order valence-corrected chi connectivity index (χ3v) is 4.84. The van der Waals surface area contributed by atoms with Crippen molar-refractivity contribution in [3.05, 3.63) is 41.7 Å². The molecule has 2 aromatic rings. The van der Waals surface area contributed by atoms with Crippen LogP contribution in [0, 0.1) is 0 Å². The van der Waals surface area contributed by atoms with Crippen LogP contribution in [0.1, 0.15) is 30.0 Å². The van der Waals surface area contributed by atoms with Crippen molar-refractivity contribution in [3.8, 4) is 0 Å². The Hall–Kier alpha value is -2.38. The fourth-order valence-electron chi connectivity index (χ4n) is 2.94. The maximum atomic E-state index is 12.6. The van der Waals surface area contributed by atoms with E-state index in [0.29, 0.717) is 11.7 Å². The summed E-state index contributed by atoms with van der Waals surface area (Å²) in [6.45, 7) is 1.49. The molecule has 0 bridgehead atoms. The lowest BCUT2D eigenvalue weighted by Crippen LogP contribution is -2.59. The SMILES string of the molecule is CN(c1ccc(C(F)(F)F)cn1)C1CN(c2ccc(C3CC3)nn2)C1. The van der Waals surface area contributed by atoms with Gasteiger partial charge in [-0.3, -0.25) is 0 Å². The number of aromatic nitrogens is 3. The van der Waals surface area contributed by atoms with E-state index in [1.807, 2.05) is 24.1 Å². The summed E-state index contributed by atoms with van der Waals surface area (Å²) in [6.07, 6.45) is -1.08. The Morgan fingerprint density at radius 1 is 1.08 bits per heavy atom. The quantitative estimate of drug-likeness (QED) is 0.849. The first-order valence-electron chi connectivity index (χ1n) is 8.26. The lowest BCUT2D eigenvalue weighted by atomic mass is 10.1. The summed E-state index contributed by atoms with van der Waals surface area (Å²) >= 11 is 0.